The summed E-state index contributed by atoms with van der Waals surface area (Å²) in [6, 6.07) is 6.62. The molecule has 2 aromatic rings. The van der Waals surface area contributed by atoms with E-state index in [1.807, 2.05) is 13.0 Å². The van der Waals surface area contributed by atoms with Gasteiger partial charge in [0.1, 0.15) is 5.82 Å². The zero-order valence-corrected chi connectivity index (χ0v) is 10.2. The van der Waals surface area contributed by atoms with E-state index in [9.17, 15) is 9.50 Å². The standard InChI is InChI=1S/C13H15FOS/c1-3-8(2)13(15)12-7-9-6-10(14)4-5-11(9)16-12/h4-8,13,15H,3H2,1-2H3. The summed E-state index contributed by atoms with van der Waals surface area (Å²) >= 11 is 1.54. The Morgan fingerprint density at radius 3 is 2.81 bits per heavy atom. The Hall–Kier alpha value is -0.930. The zero-order valence-electron chi connectivity index (χ0n) is 9.40. The van der Waals surface area contributed by atoms with Gasteiger partial charge < -0.3 is 5.11 Å². The molecule has 0 amide bonds. The predicted molar refractivity (Wildman–Crippen MR) is 66.2 cm³/mol. The van der Waals surface area contributed by atoms with Crippen LogP contribution in [-0.4, -0.2) is 5.11 Å². The SMILES string of the molecule is CCC(C)C(O)c1cc2cc(F)ccc2s1. The molecule has 0 aliphatic heterocycles. The normalized spacial score (nSPS) is 15.2. The van der Waals surface area contributed by atoms with E-state index in [2.05, 4.69) is 6.92 Å². The van der Waals surface area contributed by atoms with Crippen LogP contribution >= 0.6 is 11.3 Å². The number of halogens is 1. The molecule has 2 atom stereocenters. The molecule has 1 aromatic carbocycles. The molecule has 1 heterocycles. The van der Waals surface area contributed by atoms with Gasteiger partial charge in [0.05, 0.1) is 6.10 Å². The van der Waals surface area contributed by atoms with Crippen molar-refractivity contribution in [3.05, 3.63) is 35.0 Å². The molecule has 2 unspecified atom stereocenters. The molecule has 0 aliphatic carbocycles. The molecule has 1 nitrogen and oxygen atoms in total. The van der Waals surface area contributed by atoms with Crippen LogP contribution in [0, 0.1) is 11.7 Å². The first-order valence-corrected chi connectivity index (χ1v) is 6.30. The third kappa shape index (κ3) is 2.11. The predicted octanol–water partition coefficient (Wildman–Crippen LogP) is 4.12. The van der Waals surface area contributed by atoms with E-state index >= 15 is 0 Å². The van der Waals surface area contributed by atoms with Crippen molar-refractivity contribution < 1.29 is 9.50 Å². The summed E-state index contributed by atoms with van der Waals surface area (Å²) < 4.78 is 14.0. The number of rotatable bonds is 3. The third-order valence-corrected chi connectivity index (χ3v) is 4.16. The van der Waals surface area contributed by atoms with Crippen molar-refractivity contribution in [3.63, 3.8) is 0 Å². The van der Waals surface area contributed by atoms with Crippen molar-refractivity contribution in [1.29, 1.82) is 0 Å². The molecule has 0 aliphatic rings. The first-order valence-electron chi connectivity index (χ1n) is 5.49. The van der Waals surface area contributed by atoms with Crippen LogP contribution in [0.1, 0.15) is 31.2 Å². The van der Waals surface area contributed by atoms with Crippen molar-refractivity contribution in [2.24, 2.45) is 5.92 Å². The van der Waals surface area contributed by atoms with Crippen molar-refractivity contribution in [1.82, 2.24) is 0 Å². The van der Waals surface area contributed by atoms with E-state index in [1.54, 1.807) is 17.4 Å². The minimum atomic E-state index is -0.439. The van der Waals surface area contributed by atoms with Crippen LogP contribution in [-0.2, 0) is 0 Å². The molecule has 86 valence electrons. The maximum absolute atomic E-state index is 13.0. The number of aliphatic hydroxyl groups is 1. The lowest BCUT2D eigenvalue weighted by molar-refractivity contribution is 0.119. The smallest absolute Gasteiger partial charge is 0.123 e. The average molecular weight is 238 g/mol. The molecule has 2 rings (SSSR count). The van der Waals surface area contributed by atoms with E-state index in [0.29, 0.717) is 0 Å². The number of thiophene rings is 1. The lowest BCUT2D eigenvalue weighted by Crippen LogP contribution is -2.05. The van der Waals surface area contributed by atoms with Gasteiger partial charge in [-0.15, -0.1) is 11.3 Å². The first-order chi connectivity index (χ1) is 7.61. The first kappa shape index (κ1) is 11.6. The minimum absolute atomic E-state index is 0.227. The Bertz CT molecular complexity index is 492. The molecule has 1 N–H and O–H groups in total. The van der Waals surface area contributed by atoms with Crippen molar-refractivity contribution in [2.75, 3.05) is 0 Å². The number of fused-ring (bicyclic) bond motifs is 1. The Morgan fingerprint density at radius 2 is 2.12 bits per heavy atom. The van der Waals surface area contributed by atoms with Crippen molar-refractivity contribution in [2.45, 2.75) is 26.4 Å². The van der Waals surface area contributed by atoms with Gasteiger partial charge in [-0.1, -0.05) is 20.3 Å². The van der Waals surface area contributed by atoms with Gasteiger partial charge in [-0.3, -0.25) is 0 Å². The van der Waals surface area contributed by atoms with Crippen LogP contribution in [0.5, 0.6) is 0 Å². The fourth-order valence-electron chi connectivity index (χ4n) is 1.68. The highest BCUT2D eigenvalue weighted by atomic mass is 32.1. The number of hydrogen-bond acceptors (Lipinski definition) is 2. The highest BCUT2D eigenvalue weighted by molar-refractivity contribution is 7.19. The van der Waals surface area contributed by atoms with Crippen LogP contribution in [0.4, 0.5) is 4.39 Å². The molecule has 0 saturated heterocycles. The summed E-state index contributed by atoms with van der Waals surface area (Å²) in [5.74, 6) is 0.00721. The summed E-state index contributed by atoms with van der Waals surface area (Å²) in [6.45, 7) is 4.08. The quantitative estimate of drug-likeness (QED) is 0.852. The maximum atomic E-state index is 13.0. The topological polar surface area (TPSA) is 20.2 Å². The summed E-state index contributed by atoms with van der Waals surface area (Å²) in [5, 5.41) is 11.0. The number of aliphatic hydroxyl groups excluding tert-OH is 1. The fourth-order valence-corrected chi connectivity index (χ4v) is 2.85. The summed E-state index contributed by atoms with van der Waals surface area (Å²) in [5.41, 5.74) is 0. The highest BCUT2D eigenvalue weighted by Gasteiger charge is 2.17. The van der Waals surface area contributed by atoms with Gasteiger partial charge in [0.15, 0.2) is 0 Å². The lowest BCUT2D eigenvalue weighted by atomic mass is 10.0. The number of benzene rings is 1. The van der Waals surface area contributed by atoms with Gasteiger partial charge in [-0.2, -0.15) is 0 Å². The zero-order chi connectivity index (χ0) is 11.7. The van der Waals surface area contributed by atoms with Gasteiger partial charge in [-0.25, -0.2) is 4.39 Å². The molecule has 0 saturated carbocycles. The van der Waals surface area contributed by atoms with Crippen molar-refractivity contribution >= 4 is 21.4 Å². The molecule has 16 heavy (non-hydrogen) atoms. The average Bonchev–Trinajstić information content (AvgIpc) is 2.69. The highest BCUT2D eigenvalue weighted by Crippen LogP contribution is 2.34. The van der Waals surface area contributed by atoms with Crippen LogP contribution in [0.2, 0.25) is 0 Å². The molecular formula is C13H15FOS. The van der Waals surface area contributed by atoms with Gasteiger partial charge in [-0.05, 0) is 35.6 Å². The number of hydrogen-bond donors (Lipinski definition) is 1. The maximum Gasteiger partial charge on any atom is 0.123 e. The van der Waals surface area contributed by atoms with Crippen LogP contribution in [0.3, 0.4) is 0 Å². The molecule has 0 fully saturated rings. The second-order valence-electron chi connectivity index (χ2n) is 4.16. The van der Waals surface area contributed by atoms with Gasteiger partial charge in [0.25, 0.3) is 0 Å². The van der Waals surface area contributed by atoms with E-state index in [4.69, 9.17) is 0 Å². The third-order valence-electron chi connectivity index (χ3n) is 2.97. The summed E-state index contributed by atoms with van der Waals surface area (Å²) in [7, 11) is 0. The Kier molecular flexibility index (Phi) is 3.26. The van der Waals surface area contributed by atoms with E-state index in [-0.39, 0.29) is 11.7 Å². The van der Waals surface area contributed by atoms with E-state index in [1.165, 1.54) is 12.1 Å². The van der Waals surface area contributed by atoms with Crippen LogP contribution < -0.4 is 0 Å². The molecular weight excluding hydrogens is 223 g/mol. The van der Waals surface area contributed by atoms with Gasteiger partial charge >= 0.3 is 0 Å². The second kappa shape index (κ2) is 4.52. The summed E-state index contributed by atoms with van der Waals surface area (Å²) in [6.07, 6.45) is 0.495. The Morgan fingerprint density at radius 1 is 1.38 bits per heavy atom. The Labute approximate surface area is 98.5 Å². The lowest BCUT2D eigenvalue weighted by Gasteiger charge is -2.14. The van der Waals surface area contributed by atoms with Gasteiger partial charge in [0.2, 0.25) is 0 Å². The van der Waals surface area contributed by atoms with Crippen LogP contribution in [0.15, 0.2) is 24.3 Å². The van der Waals surface area contributed by atoms with E-state index < -0.39 is 6.10 Å². The Balaban J connectivity index is 2.39. The molecule has 1 aromatic heterocycles. The second-order valence-corrected chi connectivity index (χ2v) is 5.28. The van der Waals surface area contributed by atoms with Gasteiger partial charge in [0, 0.05) is 9.58 Å². The monoisotopic (exact) mass is 238 g/mol. The van der Waals surface area contributed by atoms with Crippen molar-refractivity contribution in [3.8, 4) is 0 Å². The van der Waals surface area contributed by atoms with Crippen LogP contribution in [0.25, 0.3) is 10.1 Å². The fraction of sp³-hybridized carbons (Fsp3) is 0.385. The van der Waals surface area contributed by atoms with E-state index in [0.717, 1.165) is 21.4 Å². The molecule has 0 bridgehead atoms. The molecule has 3 heteroatoms. The molecule has 0 spiro atoms. The largest absolute Gasteiger partial charge is 0.387 e. The summed E-state index contributed by atoms with van der Waals surface area (Å²) in [4.78, 5) is 0.926. The minimum Gasteiger partial charge on any atom is -0.387 e. The molecule has 0 radical (unpaired) electrons.